The molecule has 1 aliphatic carbocycles. The third-order valence-corrected chi connectivity index (χ3v) is 2.11. The highest BCUT2D eigenvalue weighted by Crippen LogP contribution is 2.41. The van der Waals surface area contributed by atoms with Crippen LogP contribution in [0.2, 0.25) is 0 Å². The molecule has 2 N–H and O–H groups in total. The summed E-state index contributed by atoms with van der Waals surface area (Å²) in [5.74, 6) is -4.09. The maximum Gasteiger partial charge on any atom is 0.460 e. The van der Waals surface area contributed by atoms with Crippen LogP contribution in [0, 0.1) is 5.92 Å². The van der Waals surface area contributed by atoms with E-state index in [1.807, 2.05) is 0 Å². The van der Waals surface area contributed by atoms with Gasteiger partial charge in [-0.05, 0) is 6.42 Å². The summed E-state index contributed by atoms with van der Waals surface area (Å²) in [7, 11) is 0. The first kappa shape index (κ1) is 11.8. The van der Waals surface area contributed by atoms with E-state index in [1.165, 1.54) is 0 Å². The zero-order valence-electron chi connectivity index (χ0n) is 7.36. The maximum atomic E-state index is 12.3. The maximum absolute atomic E-state index is 12.3. The second-order valence-electron chi connectivity index (χ2n) is 3.24. The molecule has 0 aliphatic heterocycles. The molecule has 2 unspecified atom stereocenters. The van der Waals surface area contributed by atoms with Crippen molar-refractivity contribution in [2.24, 2.45) is 5.92 Å². The topological polar surface area (TPSA) is 77.8 Å². The molecule has 5 nitrogen and oxygen atoms in total. The fraction of sp³-hybridized carbons (Fsp3) is 0.714. The van der Waals surface area contributed by atoms with E-state index in [1.54, 1.807) is 0 Å². The molecule has 1 aliphatic rings. The van der Waals surface area contributed by atoms with Gasteiger partial charge in [-0.1, -0.05) is 0 Å². The largest absolute Gasteiger partial charge is 0.481 e. The number of halogens is 3. The number of hydrogen-bond acceptors (Lipinski definition) is 3. The summed E-state index contributed by atoms with van der Waals surface area (Å²) in [6, 6.07) is -1.25. The Bertz CT molecular complexity index is 290. The number of aliphatic carboxylic acids is 2. The third kappa shape index (κ3) is 2.82. The van der Waals surface area contributed by atoms with Crippen molar-refractivity contribution >= 4 is 11.9 Å². The van der Waals surface area contributed by atoms with Gasteiger partial charge in [0.25, 0.3) is 0 Å². The van der Waals surface area contributed by atoms with Crippen LogP contribution in [0.25, 0.3) is 0 Å². The van der Waals surface area contributed by atoms with Gasteiger partial charge >= 0.3 is 18.2 Å². The molecule has 1 saturated carbocycles. The highest BCUT2D eigenvalue weighted by molar-refractivity contribution is 5.75. The summed E-state index contributed by atoms with van der Waals surface area (Å²) in [5, 5.41) is 16.7. The Labute approximate surface area is 82.1 Å². The van der Waals surface area contributed by atoms with Crippen molar-refractivity contribution in [1.29, 1.82) is 0 Å². The van der Waals surface area contributed by atoms with Crippen LogP contribution in [0.15, 0.2) is 0 Å². The van der Waals surface area contributed by atoms with E-state index in [2.05, 4.69) is 0 Å². The normalized spacial score (nSPS) is 25.3. The number of alkyl halides is 3. The predicted molar refractivity (Wildman–Crippen MR) is 39.9 cm³/mol. The molecule has 0 aromatic rings. The standard InChI is InChI=1S/C7H8F3NO4/c8-7(9,10)11(2-5(12)13)4-1-3(4)6(14)15/h3-4H,1-2H2,(H,12,13)(H,14,15). The number of carbonyl (C=O) groups is 2. The van der Waals surface area contributed by atoms with Gasteiger partial charge in [0.2, 0.25) is 0 Å². The number of carboxylic acids is 2. The Morgan fingerprint density at radius 2 is 1.87 bits per heavy atom. The number of hydrogen-bond donors (Lipinski definition) is 2. The van der Waals surface area contributed by atoms with E-state index in [0.717, 1.165) is 0 Å². The minimum absolute atomic E-state index is 0.165. The van der Waals surface area contributed by atoms with E-state index >= 15 is 0 Å². The molecule has 2 atom stereocenters. The van der Waals surface area contributed by atoms with Crippen LogP contribution in [-0.4, -0.2) is 45.9 Å². The molecule has 0 spiro atoms. The molecule has 0 amide bonds. The van der Waals surface area contributed by atoms with Crippen molar-refractivity contribution in [3.63, 3.8) is 0 Å². The average molecular weight is 227 g/mol. The molecule has 0 bridgehead atoms. The summed E-state index contributed by atoms with van der Waals surface area (Å²) in [5.41, 5.74) is 0. The lowest BCUT2D eigenvalue weighted by Gasteiger charge is -2.22. The lowest BCUT2D eigenvalue weighted by molar-refractivity contribution is -0.250. The van der Waals surface area contributed by atoms with Gasteiger partial charge in [0, 0.05) is 6.04 Å². The van der Waals surface area contributed by atoms with Crippen molar-refractivity contribution in [2.75, 3.05) is 6.54 Å². The molecule has 1 fully saturated rings. The molecule has 0 saturated heterocycles. The molecule has 0 heterocycles. The summed E-state index contributed by atoms with van der Waals surface area (Å²) in [6.45, 7) is -1.22. The Kier molecular flexibility index (Phi) is 2.89. The van der Waals surface area contributed by atoms with Gasteiger partial charge in [-0.25, -0.2) is 0 Å². The zero-order chi connectivity index (χ0) is 11.8. The van der Waals surface area contributed by atoms with Crippen molar-refractivity contribution in [1.82, 2.24) is 4.90 Å². The lowest BCUT2D eigenvalue weighted by Crippen LogP contribution is -2.44. The van der Waals surface area contributed by atoms with Crippen molar-refractivity contribution in [2.45, 2.75) is 18.8 Å². The van der Waals surface area contributed by atoms with E-state index in [-0.39, 0.29) is 11.3 Å². The fourth-order valence-electron chi connectivity index (χ4n) is 1.33. The van der Waals surface area contributed by atoms with Gasteiger partial charge in [-0.15, -0.1) is 0 Å². The number of carboxylic acid groups (broad SMARTS) is 2. The van der Waals surface area contributed by atoms with Crippen LogP contribution in [0.3, 0.4) is 0 Å². The van der Waals surface area contributed by atoms with E-state index in [4.69, 9.17) is 10.2 Å². The molecule has 0 aromatic carbocycles. The van der Waals surface area contributed by atoms with E-state index < -0.39 is 36.7 Å². The van der Waals surface area contributed by atoms with Gasteiger partial charge in [0.15, 0.2) is 0 Å². The van der Waals surface area contributed by atoms with Gasteiger partial charge in [-0.2, -0.15) is 18.1 Å². The van der Waals surface area contributed by atoms with E-state index in [9.17, 15) is 22.8 Å². The van der Waals surface area contributed by atoms with Crippen LogP contribution in [0.5, 0.6) is 0 Å². The van der Waals surface area contributed by atoms with Crippen molar-refractivity contribution in [3.05, 3.63) is 0 Å². The van der Waals surface area contributed by atoms with E-state index in [0.29, 0.717) is 0 Å². The highest BCUT2D eigenvalue weighted by Gasteiger charge is 2.55. The molecule has 15 heavy (non-hydrogen) atoms. The first-order valence-corrected chi connectivity index (χ1v) is 4.01. The van der Waals surface area contributed by atoms with Crippen LogP contribution in [0.4, 0.5) is 13.2 Å². The molecule has 0 radical (unpaired) electrons. The first-order valence-electron chi connectivity index (χ1n) is 4.01. The lowest BCUT2D eigenvalue weighted by atomic mass is 10.4. The predicted octanol–water partition coefficient (Wildman–Crippen LogP) is 0.366. The second-order valence-corrected chi connectivity index (χ2v) is 3.24. The fourth-order valence-corrected chi connectivity index (χ4v) is 1.33. The third-order valence-electron chi connectivity index (χ3n) is 2.11. The zero-order valence-corrected chi connectivity index (χ0v) is 7.36. The average Bonchev–Trinajstić information content (AvgIpc) is 2.76. The molecular formula is C7H8F3NO4. The monoisotopic (exact) mass is 227 g/mol. The molecular weight excluding hydrogens is 219 g/mol. The number of nitrogens with zero attached hydrogens (tertiary/aromatic N) is 1. The molecule has 0 aromatic heterocycles. The van der Waals surface area contributed by atoms with Gasteiger partial charge in [-0.3, -0.25) is 9.59 Å². The quantitative estimate of drug-likeness (QED) is 0.678. The SMILES string of the molecule is O=C(O)CN(C1CC1C(=O)O)C(F)(F)F. The summed E-state index contributed by atoms with van der Waals surface area (Å²) in [4.78, 5) is 20.3. The van der Waals surface area contributed by atoms with Crippen LogP contribution in [0.1, 0.15) is 6.42 Å². The van der Waals surface area contributed by atoms with Crippen molar-refractivity contribution in [3.8, 4) is 0 Å². The highest BCUT2D eigenvalue weighted by atomic mass is 19.4. The Morgan fingerprint density at radius 3 is 2.13 bits per heavy atom. The Morgan fingerprint density at radius 1 is 1.33 bits per heavy atom. The smallest absolute Gasteiger partial charge is 0.460 e. The number of rotatable bonds is 4. The van der Waals surface area contributed by atoms with Crippen LogP contribution >= 0.6 is 0 Å². The minimum Gasteiger partial charge on any atom is -0.481 e. The first-order chi connectivity index (χ1) is 6.73. The Balaban J connectivity index is 2.68. The Hall–Kier alpha value is -1.31. The minimum atomic E-state index is -4.81. The summed E-state index contributed by atoms with van der Waals surface area (Å²) in [6.07, 6.45) is -4.98. The molecule has 1 rings (SSSR count). The van der Waals surface area contributed by atoms with Crippen molar-refractivity contribution < 1.29 is 33.0 Å². The van der Waals surface area contributed by atoms with Gasteiger partial charge in [0.05, 0.1) is 5.92 Å². The van der Waals surface area contributed by atoms with Gasteiger partial charge < -0.3 is 10.2 Å². The summed E-state index contributed by atoms with van der Waals surface area (Å²) >= 11 is 0. The molecule has 8 heteroatoms. The second kappa shape index (κ2) is 3.69. The van der Waals surface area contributed by atoms with Crippen LogP contribution < -0.4 is 0 Å². The molecule has 86 valence electrons. The van der Waals surface area contributed by atoms with Gasteiger partial charge in [0.1, 0.15) is 6.54 Å². The van der Waals surface area contributed by atoms with Crippen LogP contribution in [-0.2, 0) is 9.59 Å². The summed E-state index contributed by atoms with van der Waals surface area (Å²) < 4.78 is 36.8.